The molecular weight excluding hydrogens is 296 g/mol. The van der Waals surface area contributed by atoms with E-state index in [1.165, 1.54) is 19.3 Å². The zero-order valence-corrected chi connectivity index (χ0v) is 14.3. The first kappa shape index (κ1) is 18.0. The van der Waals surface area contributed by atoms with E-state index in [0.29, 0.717) is 5.56 Å². The second-order valence-electron chi connectivity index (χ2n) is 6.06. The summed E-state index contributed by atoms with van der Waals surface area (Å²) in [6.07, 6.45) is 10.0. The van der Waals surface area contributed by atoms with E-state index in [0.717, 1.165) is 24.0 Å². The van der Waals surface area contributed by atoms with Crippen LogP contribution >= 0.6 is 0 Å². The largest absolute Gasteiger partial charge is 0.478 e. The first-order chi connectivity index (χ1) is 11.7. The maximum Gasteiger partial charge on any atom is 0.335 e. The second-order valence-corrected chi connectivity index (χ2v) is 6.06. The highest BCUT2D eigenvalue weighted by atomic mass is 16.4. The van der Waals surface area contributed by atoms with E-state index in [9.17, 15) is 9.90 Å². The van der Waals surface area contributed by atoms with E-state index in [2.05, 4.69) is 31.2 Å². The van der Waals surface area contributed by atoms with E-state index < -0.39 is 5.97 Å². The molecule has 0 bridgehead atoms. The van der Waals surface area contributed by atoms with Crippen molar-refractivity contribution in [2.75, 3.05) is 0 Å². The van der Waals surface area contributed by atoms with Crippen molar-refractivity contribution in [2.24, 2.45) is 0 Å². The molecule has 1 N–H and O–H groups in total. The Kier molecular flexibility index (Phi) is 7.28. The van der Waals surface area contributed by atoms with Gasteiger partial charge in [-0.3, -0.25) is 0 Å². The van der Waals surface area contributed by atoms with Gasteiger partial charge in [-0.2, -0.15) is 0 Å². The highest BCUT2D eigenvalue weighted by Gasteiger charge is 2.19. The average molecular weight is 322 g/mol. The number of carboxylic acid groups (broad SMARTS) is 1. The van der Waals surface area contributed by atoms with Gasteiger partial charge < -0.3 is 5.11 Å². The first-order valence-corrected chi connectivity index (χ1v) is 8.76. The Morgan fingerprint density at radius 3 is 2.42 bits per heavy atom. The van der Waals surface area contributed by atoms with E-state index >= 15 is 0 Å². The minimum atomic E-state index is -0.863. The lowest BCUT2D eigenvalue weighted by Gasteiger charge is -2.18. The second kappa shape index (κ2) is 9.71. The van der Waals surface area contributed by atoms with E-state index in [-0.39, 0.29) is 5.92 Å². The molecule has 2 heteroatoms. The van der Waals surface area contributed by atoms with Gasteiger partial charge in [-0.05, 0) is 36.5 Å². The molecule has 0 saturated carbocycles. The van der Waals surface area contributed by atoms with Gasteiger partial charge in [0, 0.05) is 5.92 Å². The number of carboxylic acids is 1. The summed E-state index contributed by atoms with van der Waals surface area (Å²) >= 11 is 0. The number of hydrogen-bond donors (Lipinski definition) is 1. The molecule has 1 atom stereocenters. The Bertz CT molecular complexity index is 659. The van der Waals surface area contributed by atoms with Crippen LogP contribution in [0.25, 0.3) is 0 Å². The van der Waals surface area contributed by atoms with Gasteiger partial charge >= 0.3 is 5.97 Å². The number of hydrogen-bond acceptors (Lipinski definition) is 1. The van der Waals surface area contributed by atoms with Crippen LogP contribution in [0.1, 0.15) is 66.4 Å². The third-order valence-electron chi connectivity index (χ3n) is 4.28. The number of aromatic carboxylic acids is 1. The molecule has 0 spiro atoms. The van der Waals surface area contributed by atoms with Crippen molar-refractivity contribution in [1.29, 1.82) is 0 Å². The predicted octanol–water partition coefficient (Wildman–Crippen LogP) is 6.04. The van der Waals surface area contributed by atoms with Gasteiger partial charge in [0.15, 0.2) is 0 Å². The van der Waals surface area contributed by atoms with Crippen molar-refractivity contribution >= 4 is 5.97 Å². The highest BCUT2D eigenvalue weighted by molar-refractivity contribution is 5.89. The van der Waals surface area contributed by atoms with Crippen LogP contribution in [0.5, 0.6) is 0 Å². The molecule has 0 heterocycles. The molecule has 0 saturated heterocycles. The fraction of sp³-hybridized carbons (Fsp3) is 0.318. The Morgan fingerprint density at radius 2 is 1.71 bits per heavy atom. The summed E-state index contributed by atoms with van der Waals surface area (Å²) in [7, 11) is 0. The van der Waals surface area contributed by atoms with Crippen molar-refractivity contribution in [3.63, 3.8) is 0 Å². The monoisotopic (exact) mass is 322 g/mol. The number of benzene rings is 2. The van der Waals surface area contributed by atoms with E-state index in [1.807, 2.05) is 30.3 Å². The van der Waals surface area contributed by atoms with Gasteiger partial charge in [0.25, 0.3) is 0 Å². The fourth-order valence-corrected chi connectivity index (χ4v) is 2.99. The van der Waals surface area contributed by atoms with E-state index in [1.54, 1.807) is 12.1 Å². The van der Waals surface area contributed by atoms with Crippen LogP contribution in [0.15, 0.2) is 66.7 Å². The lowest BCUT2D eigenvalue weighted by molar-refractivity contribution is 0.0695. The molecule has 0 aliphatic rings. The molecule has 2 aromatic carbocycles. The summed E-state index contributed by atoms with van der Waals surface area (Å²) < 4.78 is 0. The van der Waals surface area contributed by atoms with Gasteiger partial charge in [-0.15, -0.1) is 0 Å². The summed E-state index contributed by atoms with van der Waals surface area (Å²) in [4.78, 5) is 11.6. The summed E-state index contributed by atoms with van der Waals surface area (Å²) in [6, 6.07) is 17.5. The van der Waals surface area contributed by atoms with Gasteiger partial charge in [0.05, 0.1) is 5.56 Å². The van der Waals surface area contributed by atoms with Crippen LogP contribution in [0, 0.1) is 0 Å². The maximum atomic E-state index is 11.6. The minimum absolute atomic E-state index is 0.0703. The van der Waals surface area contributed by atoms with Crippen molar-refractivity contribution in [3.8, 4) is 0 Å². The fourth-order valence-electron chi connectivity index (χ4n) is 2.99. The lowest BCUT2D eigenvalue weighted by atomic mass is 9.85. The molecule has 2 nitrogen and oxygen atoms in total. The summed E-state index contributed by atoms with van der Waals surface area (Å²) in [5.41, 5.74) is 2.43. The molecular formula is C22H26O2. The summed E-state index contributed by atoms with van der Waals surface area (Å²) in [5.74, 6) is -0.792. The average Bonchev–Trinajstić information content (AvgIpc) is 2.62. The smallest absolute Gasteiger partial charge is 0.335 e. The van der Waals surface area contributed by atoms with E-state index in [4.69, 9.17) is 0 Å². The van der Waals surface area contributed by atoms with Gasteiger partial charge in [0.2, 0.25) is 0 Å². The molecule has 0 radical (unpaired) electrons. The van der Waals surface area contributed by atoms with Crippen molar-refractivity contribution in [2.45, 2.75) is 44.9 Å². The van der Waals surface area contributed by atoms with Crippen LogP contribution in [0.4, 0.5) is 0 Å². The molecule has 0 amide bonds. The van der Waals surface area contributed by atoms with Crippen molar-refractivity contribution in [1.82, 2.24) is 0 Å². The molecule has 24 heavy (non-hydrogen) atoms. The molecule has 0 aliphatic heterocycles. The highest BCUT2D eigenvalue weighted by Crippen LogP contribution is 2.31. The third-order valence-corrected chi connectivity index (χ3v) is 4.28. The lowest BCUT2D eigenvalue weighted by Crippen LogP contribution is -2.08. The van der Waals surface area contributed by atoms with Crippen LogP contribution in [-0.4, -0.2) is 11.1 Å². The number of carbonyl (C=O) groups is 1. The topological polar surface area (TPSA) is 37.3 Å². The first-order valence-electron chi connectivity index (χ1n) is 8.76. The predicted molar refractivity (Wildman–Crippen MR) is 99.6 cm³/mol. The van der Waals surface area contributed by atoms with Gasteiger partial charge in [-0.1, -0.05) is 80.4 Å². The van der Waals surface area contributed by atoms with Gasteiger partial charge in [-0.25, -0.2) is 4.79 Å². The standard InChI is InChI=1S/C22H26O2/c1-2-3-4-5-6-10-15-19(18-13-8-7-9-14-18)20-16-11-12-17-21(20)22(23)24/h6-14,16-17,19H,2-5,15H2,1H3,(H,23,24). The van der Waals surface area contributed by atoms with Crippen LogP contribution in [0.3, 0.4) is 0 Å². The Morgan fingerprint density at radius 1 is 1.00 bits per heavy atom. The number of unbranched alkanes of at least 4 members (excludes halogenated alkanes) is 3. The molecule has 0 fully saturated rings. The van der Waals surface area contributed by atoms with Crippen LogP contribution in [0.2, 0.25) is 0 Å². The maximum absolute atomic E-state index is 11.6. The number of rotatable bonds is 9. The minimum Gasteiger partial charge on any atom is -0.478 e. The summed E-state index contributed by atoms with van der Waals surface area (Å²) in [5, 5.41) is 9.51. The zero-order chi connectivity index (χ0) is 17.2. The molecule has 0 aliphatic carbocycles. The Hall–Kier alpha value is -2.35. The van der Waals surface area contributed by atoms with Crippen LogP contribution < -0.4 is 0 Å². The third kappa shape index (κ3) is 5.09. The normalized spacial score (nSPS) is 12.4. The molecule has 1 unspecified atom stereocenters. The molecule has 126 valence electrons. The number of allylic oxidation sites excluding steroid dienone is 2. The van der Waals surface area contributed by atoms with Crippen LogP contribution in [-0.2, 0) is 0 Å². The quantitative estimate of drug-likeness (QED) is 0.451. The Balaban J connectivity index is 2.23. The molecule has 0 aromatic heterocycles. The Labute approximate surface area is 144 Å². The zero-order valence-electron chi connectivity index (χ0n) is 14.3. The summed E-state index contributed by atoms with van der Waals surface area (Å²) in [6.45, 7) is 2.21. The van der Waals surface area contributed by atoms with Crippen molar-refractivity contribution in [3.05, 3.63) is 83.4 Å². The molecule has 2 rings (SSSR count). The van der Waals surface area contributed by atoms with Gasteiger partial charge in [0.1, 0.15) is 0 Å². The molecule has 2 aromatic rings. The SMILES string of the molecule is CCCCCC=CCC(c1ccccc1)c1ccccc1C(=O)O. The van der Waals surface area contributed by atoms with Crippen molar-refractivity contribution < 1.29 is 9.90 Å².